The molecule has 1 heterocycles. The van der Waals surface area contributed by atoms with E-state index >= 15 is 0 Å². The molecule has 5 nitrogen and oxygen atoms in total. The van der Waals surface area contributed by atoms with Crippen molar-refractivity contribution in [3.05, 3.63) is 54.1 Å². The molecular weight excluding hydrogens is 312 g/mol. The van der Waals surface area contributed by atoms with E-state index in [4.69, 9.17) is 5.26 Å². The van der Waals surface area contributed by atoms with Crippen molar-refractivity contribution in [3.8, 4) is 6.07 Å². The van der Waals surface area contributed by atoms with E-state index in [0.29, 0.717) is 11.3 Å². The summed E-state index contributed by atoms with van der Waals surface area (Å²) in [5, 5.41) is 14.9. The Kier molecular flexibility index (Phi) is 5.53. The number of anilines is 3. The molecule has 0 spiro atoms. The first kappa shape index (κ1) is 16.8. The summed E-state index contributed by atoms with van der Waals surface area (Å²) in [7, 11) is 0. The Morgan fingerprint density at radius 3 is 2.48 bits per heavy atom. The molecule has 0 saturated carbocycles. The van der Waals surface area contributed by atoms with Crippen LogP contribution in [0, 0.1) is 11.3 Å². The maximum absolute atomic E-state index is 12.1. The molecule has 0 aromatic heterocycles. The Balaban J connectivity index is 1.53. The van der Waals surface area contributed by atoms with Gasteiger partial charge in [-0.05, 0) is 55.7 Å². The topological polar surface area (TPSA) is 68.2 Å². The Hall–Kier alpha value is -3.00. The molecule has 1 amide bonds. The van der Waals surface area contributed by atoms with Gasteiger partial charge in [-0.1, -0.05) is 12.1 Å². The van der Waals surface area contributed by atoms with Gasteiger partial charge < -0.3 is 15.5 Å². The Bertz CT molecular complexity index is 758. The van der Waals surface area contributed by atoms with E-state index in [1.807, 2.05) is 18.2 Å². The van der Waals surface area contributed by atoms with Crippen LogP contribution in [0.3, 0.4) is 0 Å². The quantitative estimate of drug-likeness (QED) is 0.877. The number of hydrogen-bond acceptors (Lipinski definition) is 4. The Morgan fingerprint density at radius 2 is 1.76 bits per heavy atom. The summed E-state index contributed by atoms with van der Waals surface area (Å²) in [4.78, 5) is 14.5. The maximum Gasteiger partial charge on any atom is 0.243 e. The van der Waals surface area contributed by atoms with E-state index in [1.165, 1.54) is 24.9 Å². The second-order valence-electron chi connectivity index (χ2n) is 6.15. The fourth-order valence-corrected chi connectivity index (χ4v) is 3.02. The van der Waals surface area contributed by atoms with Gasteiger partial charge in [0.1, 0.15) is 6.07 Å². The number of amides is 1. The molecule has 3 rings (SSSR count). The Labute approximate surface area is 148 Å². The smallest absolute Gasteiger partial charge is 0.243 e. The molecule has 0 unspecified atom stereocenters. The zero-order valence-electron chi connectivity index (χ0n) is 14.2. The molecule has 2 aromatic carbocycles. The fourth-order valence-electron chi connectivity index (χ4n) is 3.02. The molecule has 5 heteroatoms. The third kappa shape index (κ3) is 4.51. The standard InChI is InChI=1S/C20H22N4O/c21-14-16-6-2-3-7-19(16)22-15-20(25)23-17-8-10-18(11-9-17)24-12-4-1-5-13-24/h2-3,6-11,22H,1,4-5,12-13,15H2,(H,23,25). The number of nitrogens with zero attached hydrogens (tertiary/aromatic N) is 2. The molecule has 2 N–H and O–H groups in total. The van der Waals surface area contributed by atoms with Crippen molar-refractivity contribution in [3.63, 3.8) is 0 Å². The summed E-state index contributed by atoms with van der Waals surface area (Å²) in [5.74, 6) is -0.140. The minimum atomic E-state index is -0.140. The second kappa shape index (κ2) is 8.20. The number of carbonyl (C=O) groups excluding carboxylic acids is 1. The van der Waals surface area contributed by atoms with Gasteiger partial charge in [-0.15, -0.1) is 0 Å². The lowest BCUT2D eigenvalue weighted by molar-refractivity contribution is -0.114. The SMILES string of the molecule is N#Cc1ccccc1NCC(=O)Nc1ccc(N2CCCCC2)cc1. The number of piperidine rings is 1. The normalized spacial score (nSPS) is 13.8. The van der Waals surface area contributed by atoms with Crippen molar-refractivity contribution in [1.82, 2.24) is 0 Å². The molecule has 1 aliphatic heterocycles. The largest absolute Gasteiger partial charge is 0.375 e. The van der Waals surface area contributed by atoms with Gasteiger partial charge >= 0.3 is 0 Å². The predicted molar refractivity (Wildman–Crippen MR) is 101 cm³/mol. The molecule has 2 aromatic rings. The molecule has 0 radical (unpaired) electrons. The summed E-state index contributed by atoms with van der Waals surface area (Å²) < 4.78 is 0. The second-order valence-corrected chi connectivity index (χ2v) is 6.15. The van der Waals surface area contributed by atoms with E-state index in [1.54, 1.807) is 18.2 Å². The van der Waals surface area contributed by atoms with Crippen LogP contribution >= 0.6 is 0 Å². The third-order valence-electron chi connectivity index (χ3n) is 4.36. The first-order valence-electron chi connectivity index (χ1n) is 8.64. The van der Waals surface area contributed by atoms with Gasteiger partial charge in [0, 0.05) is 24.5 Å². The average Bonchev–Trinajstić information content (AvgIpc) is 2.68. The van der Waals surface area contributed by atoms with Crippen molar-refractivity contribution >= 4 is 23.0 Å². The summed E-state index contributed by atoms with van der Waals surface area (Å²) >= 11 is 0. The first-order valence-corrected chi connectivity index (χ1v) is 8.64. The fraction of sp³-hybridized carbons (Fsp3) is 0.300. The van der Waals surface area contributed by atoms with Gasteiger partial charge in [0.05, 0.1) is 17.8 Å². The van der Waals surface area contributed by atoms with Crippen LogP contribution in [-0.2, 0) is 4.79 Å². The molecule has 1 saturated heterocycles. The highest BCUT2D eigenvalue weighted by atomic mass is 16.1. The van der Waals surface area contributed by atoms with E-state index in [9.17, 15) is 4.79 Å². The highest BCUT2D eigenvalue weighted by Crippen LogP contribution is 2.21. The van der Waals surface area contributed by atoms with Crippen LogP contribution in [0.5, 0.6) is 0 Å². The lowest BCUT2D eigenvalue weighted by Gasteiger charge is -2.28. The van der Waals surface area contributed by atoms with Crippen LogP contribution in [-0.4, -0.2) is 25.5 Å². The van der Waals surface area contributed by atoms with E-state index in [2.05, 4.69) is 33.7 Å². The summed E-state index contributed by atoms with van der Waals surface area (Å²) in [5.41, 5.74) is 3.18. The number of carbonyl (C=O) groups is 1. The molecule has 0 atom stereocenters. The van der Waals surface area contributed by atoms with Gasteiger partial charge in [-0.3, -0.25) is 4.79 Å². The Morgan fingerprint density at radius 1 is 1.04 bits per heavy atom. The first-order chi connectivity index (χ1) is 12.3. The average molecular weight is 334 g/mol. The summed E-state index contributed by atoms with van der Waals surface area (Å²) in [6.45, 7) is 2.33. The molecule has 0 bridgehead atoms. The minimum absolute atomic E-state index is 0.118. The monoisotopic (exact) mass is 334 g/mol. The van der Waals surface area contributed by atoms with Gasteiger partial charge in [-0.2, -0.15) is 5.26 Å². The van der Waals surface area contributed by atoms with Crippen molar-refractivity contribution in [1.29, 1.82) is 5.26 Å². The van der Waals surface area contributed by atoms with Crippen LogP contribution in [0.4, 0.5) is 17.1 Å². The van der Waals surface area contributed by atoms with E-state index < -0.39 is 0 Å². The summed E-state index contributed by atoms with van der Waals surface area (Å²) in [6, 6.07) is 17.2. The van der Waals surface area contributed by atoms with Crippen molar-refractivity contribution in [2.45, 2.75) is 19.3 Å². The number of benzene rings is 2. The van der Waals surface area contributed by atoms with Gasteiger partial charge in [0.2, 0.25) is 5.91 Å². The van der Waals surface area contributed by atoms with Crippen LogP contribution in [0.2, 0.25) is 0 Å². The van der Waals surface area contributed by atoms with Crippen LogP contribution in [0.1, 0.15) is 24.8 Å². The lowest BCUT2D eigenvalue weighted by atomic mass is 10.1. The minimum Gasteiger partial charge on any atom is -0.375 e. The van der Waals surface area contributed by atoms with Crippen molar-refractivity contribution in [2.75, 3.05) is 35.2 Å². The lowest BCUT2D eigenvalue weighted by Crippen LogP contribution is -2.29. The molecule has 1 fully saturated rings. The van der Waals surface area contributed by atoms with Crippen LogP contribution < -0.4 is 15.5 Å². The van der Waals surface area contributed by atoms with E-state index in [0.717, 1.165) is 18.8 Å². The number of para-hydroxylation sites is 1. The zero-order chi connectivity index (χ0) is 17.5. The molecular formula is C20H22N4O. The highest BCUT2D eigenvalue weighted by molar-refractivity contribution is 5.94. The van der Waals surface area contributed by atoms with Gasteiger partial charge in [-0.25, -0.2) is 0 Å². The number of nitrogens with one attached hydrogen (secondary N) is 2. The third-order valence-corrected chi connectivity index (χ3v) is 4.36. The summed E-state index contributed by atoms with van der Waals surface area (Å²) in [6.07, 6.45) is 3.80. The zero-order valence-corrected chi connectivity index (χ0v) is 14.2. The van der Waals surface area contributed by atoms with Gasteiger partial charge in [0.25, 0.3) is 0 Å². The van der Waals surface area contributed by atoms with Crippen LogP contribution in [0.25, 0.3) is 0 Å². The van der Waals surface area contributed by atoms with Crippen LogP contribution in [0.15, 0.2) is 48.5 Å². The number of nitriles is 1. The predicted octanol–water partition coefficient (Wildman–Crippen LogP) is 3.60. The van der Waals surface area contributed by atoms with Crippen molar-refractivity contribution < 1.29 is 4.79 Å². The van der Waals surface area contributed by atoms with E-state index in [-0.39, 0.29) is 12.5 Å². The van der Waals surface area contributed by atoms with Gasteiger partial charge in [0.15, 0.2) is 0 Å². The molecule has 25 heavy (non-hydrogen) atoms. The molecule has 128 valence electrons. The maximum atomic E-state index is 12.1. The van der Waals surface area contributed by atoms with Crippen molar-refractivity contribution in [2.24, 2.45) is 0 Å². The molecule has 1 aliphatic rings. The number of rotatable bonds is 5. The molecule has 0 aliphatic carbocycles. The highest BCUT2D eigenvalue weighted by Gasteiger charge is 2.11. The number of hydrogen-bond donors (Lipinski definition) is 2.